The van der Waals surface area contributed by atoms with Crippen LogP contribution in [0.1, 0.15) is 39.5 Å². The number of carbonyl (C=O) groups excluding carboxylic acids is 2. The number of methoxy groups -OCH3 is 1. The van der Waals surface area contributed by atoms with Crippen LogP contribution < -0.4 is 0 Å². The molecule has 2 rings (SSSR count). The van der Waals surface area contributed by atoms with Gasteiger partial charge in [0, 0.05) is 6.42 Å². The van der Waals surface area contributed by atoms with Crippen LogP contribution in [0.15, 0.2) is 11.6 Å². The Morgan fingerprint density at radius 1 is 1.47 bits per heavy atom. The summed E-state index contributed by atoms with van der Waals surface area (Å²) < 4.78 is 4.69. The summed E-state index contributed by atoms with van der Waals surface area (Å²) >= 11 is 0. The van der Waals surface area contributed by atoms with Crippen LogP contribution >= 0.6 is 0 Å². The van der Waals surface area contributed by atoms with Crippen LogP contribution in [-0.4, -0.2) is 18.9 Å². The normalized spacial score (nSPS) is 37.1. The summed E-state index contributed by atoms with van der Waals surface area (Å²) in [6, 6.07) is 0. The van der Waals surface area contributed by atoms with E-state index in [2.05, 4.69) is 13.8 Å². The molecule has 0 amide bonds. The topological polar surface area (TPSA) is 43.4 Å². The van der Waals surface area contributed by atoms with E-state index in [1.54, 1.807) is 0 Å². The van der Waals surface area contributed by atoms with E-state index in [0.29, 0.717) is 18.3 Å². The standard InChI is InChI=1S/C14H20O3/c1-9-5-4-6-10-7-12(15)11(13(16)17-3)8-14(9,10)2/h8-10H,4-7H2,1-3H3/t9-,10+,14+/m0/s1. The largest absolute Gasteiger partial charge is 0.465 e. The van der Waals surface area contributed by atoms with Crippen molar-refractivity contribution in [2.45, 2.75) is 39.5 Å². The highest BCUT2D eigenvalue weighted by atomic mass is 16.5. The van der Waals surface area contributed by atoms with E-state index in [1.807, 2.05) is 6.08 Å². The van der Waals surface area contributed by atoms with Gasteiger partial charge in [0.2, 0.25) is 0 Å². The molecule has 0 saturated heterocycles. The number of hydrogen-bond acceptors (Lipinski definition) is 3. The highest BCUT2D eigenvalue weighted by Crippen LogP contribution is 2.50. The summed E-state index contributed by atoms with van der Waals surface area (Å²) in [5, 5.41) is 0. The third kappa shape index (κ3) is 1.92. The third-order valence-electron chi connectivity index (χ3n) is 4.72. The minimum atomic E-state index is -0.479. The maximum Gasteiger partial charge on any atom is 0.341 e. The van der Waals surface area contributed by atoms with Crippen molar-refractivity contribution in [3.8, 4) is 0 Å². The zero-order valence-electron chi connectivity index (χ0n) is 10.8. The average molecular weight is 236 g/mol. The molecule has 2 aliphatic rings. The second kappa shape index (κ2) is 4.28. The quantitative estimate of drug-likeness (QED) is 0.519. The lowest BCUT2D eigenvalue weighted by Gasteiger charge is -2.46. The van der Waals surface area contributed by atoms with Gasteiger partial charge in [-0.05, 0) is 30.1 Å². The number of rotatable bonds is 1. The first-order valence-electron chi connectivity index (χ1n) is 6.33. The van der Waals surface area contributed by atoms with Gasteiger partial charge in [0.05, 0.1) is 12.7 Å². The minimum Gasteiger partial charge on any atom is -0.465 e. The van der Waals surface area contributed by atoms with Crippen molar-refractivity contribution in [3.05, 3.63) is 11.6 Å². The van der Waals surface area contributed by atoms with Crippen molar-refractivity contribution in [2.75, 3.05) is 7.11 Å². The maximum absolute atomic E-state index is 11.9. The summed E-state index contributed by atoms with van der Waals surface area (Å²) in [5.41, 5.74) is 0.246. The number of hydrogen-bond donors (Lipinski definition) is 0. The zero-order valence-corrected chi connectivity index (χ0v) is 10.8. The van der Waals surface area contributed by atoms with Crippen molar-refractivity contribution in [1.29, 1.82) is 0 Å². The first-order valence-corrected chi connectivity index (χ1v) is 6.33. The predicted octanol–water partition coefficient (Wildman–Crippen LogP) is 2.50. The first kappa shape index (κ1) is 12.3. The monoisotopic (exact) mass is 236 g/mol. The Morgan fingerprint density at radius 2 is 2.18 bits per heavy atom. The van der Waals surface area contributed by atoms with Gasteiger partial charge in [0.1, 0.15) is 0 Å². The van der Waals surface area contributed by atoms with E-state index in [1.165, 1.54) is 20.0 Å². The molecule has 17 heavy (non-hydrogen) atoms. The minimum absolute atomic E-state index is 0.0182. The van der Waals surface area contributed by atoms with E-state index in [-0.39, 0.29) is 16.8 Å². The van der Waals surface area contributed by atoms with Gasteiger partial charge < -0.3 is 4.74 Å². The molecule has 0 radical (unpaired) electrons. The number of esters is 1. The lowest BCUT2D eigenvalue weighted by atomic mass is 9.57. The van der Waals surface area contributed by atoms with Gasteiger partial charge >= 0.3 is 5.97 Å². The van der Waals surface area contributed by atoms with Gasteiger partial charge in [0.15, 0.2) is 5.78 Å². The molecular weight excluding hydrogens is 216 g/mol. The summed E-state index contributed by atoms with van der Waals surface area (Å²) in [6.07, 6.45) is 5.85. The lowest BCUT2D eigenvalue weighted by molar-refractivity contribution is -0.138. The van der Waals surface area contributed by atoms with Gasteiger partial charge in [-0.3, -0.25) is 4.79 Å². The second-order valence-corrected chi connectivity index (χ2v) is 5.57. The Bertz CT molecular complexity index is 383. The van der Waals surface area contributed by atoms with Crippen molar-refractivity contribution >= 4 is 11.8 Å². The molecule has 94 valence electrons. The van der Waals surface area contributed by atoms with Crippen LogP contribution in [0.5, 0.6) is 0 Å². The molecule has 0 aliphatic heterocycles. The highest BCUT2D eigenvalue weighted by Gasteiger charge is 2.45. The lowest BCUT2D eigenvalue weighted by Crippen LogP contribution is -2.42. The zero-order chi connectivity index (χ0) is 12.6. The van der Waals surface area contributed by atoms with Crippen molar-refractivity contribution in [1.82, 2.24) is 0 Å². The van der Waals surface area contributed by atoms with Crippen molar-refractivity contribution in [2.24, 2.45) is 17.3 Å². The molecule has 0 heterocycles. The first-order chi connectivity index (χ1) is 7.99. The number of Topliss-reactive ketones (excluding diaryl/α,β-unsaturated/α-hetero) is 1. The van der Waals surface area contributed by atoms with Crippen LogP contribution in [0.25, 0.3) is 0 Å². The summed E-state index contributed by atoms with van der Waals surface area (Å²) in [4.78, 5) is 23.5. The van der Waals surface area contributed by atoms with Gasteiger partial charge in [-0.15, -0.1) is 0 Å². The average Bonchev–Trinajstić information content (AvgIpc) is 2.31. The Labute approximate surface area is 102 Å². The van der Waals surface area contributed by atoms with Crippen LogP contribution in [-0.2, 0) is 14.3 Å². The third-order valence-corrected chi connectivity index (χ3v) is 4.72. The molecule has 3 nitrogen and oxygen atoms in total. The Morgan fingerprint density at radius 3 is 2.82 bits per heavy atom. The summed E-state index contributed by atoms with van der Waals surface area (Å²) in [6.45, 7) is 4.39. The van der Waals surface area contributed by atoms with Crippen LogP contribution in [0, 0.1) is 17.3 Å². The fourth-order valence-electron chi connectivity index (χ4n) is 3.28. The van der Waals surface area contributed by atoms with Gasteiger partial charge in [-0.1, -0.05) is 26.3 Å². The van der Waals surface area contributed by atoms with E-state index in [0.717, 1.165) is 6.42 Å². The van der Waals surface area contributed by atoms with Gasteiger partial charge in [-0.2, -0.15) is 0 Å². The van der Waals surface area contributed by atoms with Crippen LogP contribution in [0.4, 0.5) is 0 Å². The van der Waals surface area contributed by atoms with Crippen LogP contribution in [0.2, 0.25) is 0 Å². The van der Waals surface area contributed by atoms with E-state index < -0.39 is 5.97 Å². The molecule has 0 N–H and O–H groups in total. The molecule has 0 bridgehead atoms. The molecule has 3 heteroatoms. The van der Waals surface area contributed by atoms with E-state index >= 15 is 0 Å². The molecule has 0 spiro atoms. The fourth-order valence-corrected chi connectivity index (χ4v) is 3.28. The SMILES string of the molecule is COC(=O)C1=C[C@@]2(C)[C@H](CCC[C@@H]2C)CC1=O. The number of fused-ring (bicyclic) bond motifs is 1. The molecule has 0 aromatic carbocycles. The van der Waals surface area contributed by atoms with E-state index in [4.69, 9.17) is 4.74 Å². The predicted molar refractivity (Wildman–Crippen MR) is 64.3 cm³/mol. The molecule has 2 aliphatic carbocycles. The Balaban J connectivity index is 2.39. The summed E-state index contributed by atoms with van der Waals surface area (Å²) in [7, 11) is 1.33. The molecule has 0 aromatic heterocycles. The molecule has 1 saturated carbocycles. The molecular formula is C14H20O3. The fraction of sp³-hybridized carbons (Fsp3) is 0.714. The van der Waals surface area contributed by atoms with Crippen molar-refractivity contribution < 1.29 is 14.3 Å². The highest BCUT2D eigenvalue weighted by molar-refractivity contribution is 6.18. The smallest absolute Gasteiger partial charge is 0.341 e. The number of ether oxygens (including phenoxy) is 1. The number of allylic oxidation sites excluding steroid dienone is 1. The second-order valence-electron chi connectivity index (χ2n) is 5.57. The maximum atomic E-state index is 11.9. The van der Waals surface area contributed by atoms with Gasteiger partial charge in [0.25, 0.3) is 0 Å². The Kier molecular flexibility index (Phi) is 3.11. The number of ketones is 1. The van der Waals surface area contributed by atoms with Crippen LogP contribution in [0.3, 0.4) is 0 Å². The van der Waals surface area contributed by atoms with E-state index in [9.17, 15) is 9.59 Å². The van der Waals surface area contributed by atoms with Gasteiger partial charge in [-0.25, -0.2) is 4.79 Å². The molecule has 0 aromatic rings. The summed E-state index contributed by atoms with van der Waals surface area (Å²) in [5.74, 6) is 0.391. The number of carbonyl (C=O) groups is 2. The molecule has 1 fully saturated rings. The molecule has 3 atom stereocenters. The Hall–Kier alpha value is -1.12. The van der Waals surface area contributed by atoms with Crippen molar-refractivity contribution in [3.63, 3.8) is 0 Å². The molecule has 0 unspecified atom stereocenters.